The lowest BCUT2D eigenvalue weighted by Crippen LogP contribution is -2.33. The number of hydrogen-bond donors (Lipinski definition) is 1. The standard InChI is InChI=1S/C25H20Cl2N4O2S/c26-21-8-5-16(14-20(21)24-19-4-3-10-28-23(19)9-11-29-24)30-25(32)18-7-6-17(15-22(18)27)31-12-1-2-13-34(31)33/h3-11,14-15H,1-2,12-13H2,(H,30,32). The zero-order valence-electron chi connectivity index (χ0n) is 18.0. The van der Waals surface area contributed by atoms with Crippen LogP contribution in [0.5, 0.6) is 0 Å². The third kappa shape index (κ3) is 4.51. The summed E-state index contributed by atoms with van der Waals surface area (Å²) in [6.07, 6.45) is 5.34. The molecule has 2 aromatic heterocycles. The van der Waals surface area contributed by atoms with Gasteiger partial charge >= 0.3 is 0 Å². The predicted molar refractivity (Wildman–Crippen MR) is 139 cm³/mol. The van der Waals surface area contributed by atoms with E-state index < -0.39 is 11.0 Å². The second kappa shape index (κ2) is 9.70. The summed E-state index contributed by atoms with van der Waals surface area (Å²) in [5, 5.41) is 4.57. The van der Waals surface area contributed by atoms with Gasteiger partial charge in [-0.3, -0.25) is 19.1 Å². The molecule has 6 nitrogen and oxygen atoms in total. The van der Waals surface area contributed by atoms with Gasteiger partial charge in [-0.15, -0.1) is 0 Å². The van der Waals surface area contributed by atoms with E-state index in [9.17, 15) is 9.00 Å². The Morgan fingerprint density at radius 3 is 2.68 bits per heavy atom. The maximum absolute atomic E-state index is 13.0. The Bertz CT molecular complexity index is 1420. The molecule has 3 heterocycles. The van der Waals surface area contributed by atoms with Crippen molar-refractivity contribution in [2.75, 3.05) is 21.9 Å². The van der Waals surface area contributed by atoms with Crippen molar-refractivity contribution in [3.63, 3.8) is 0 Å². The first kappa shape index (κ1) is 22.8. The molecule has 4 aromatic rings. The highest BCUT2D eigenvalue weighted by atomic mass is 35.5. The van der Waals surface area contributed by atoms with Crippen molar-refractivity contribution < 1.29 is 9.00 Å². The molecule has 1 fully saturated rings. The quantitative estimate of drug-likeness (QED) is 0.358. The molecule has 2 aromatic carbocycles. The van der Waals surface area contributed by atoms with Gasteiger partial charge in [0.25, 0.3) is 5.91 Å². The third-order valence-electron chi connectivity index (χ3n) is 5.67. The van der Waals surface area contributed by atoms with Crippen molar-refractivity contribution in [3.05, 3.63) is 82.6 Å². The van der Waals surface area contributed by atoms with Gasteiger partial charge in [-0.1, -0.05) is 23.2 Å². The van der Waals surface area contributed by atoms with Crippen LogP contribution in [-0.4, -0.2) is 32.4 Å². The molecular weight excluding hydrogens is 491 g/mol. The van der Waals surface area contributed by atoms with Gasteiger partial charge in [0.2, 0.25) is 0 Å². The van der Waals surface area contributed by atoms with Crippen molar-refractivity contribution >= 4 is 62.4 Å². The van der Waals surface area contributed by atoms with Crippen molar-refractivity contribution in [1.29, 1.82) is 0 Å². The molecule has 1 amide bonds. The van der Waals surface area contributed by atoms with E-state index in [-0.39, 0.29) is 5.91 Å². The first-order valence-corrected chi connectivity index (χ1v) is 12.8. The number of hydrogen-bond acceptors (Lipinski definition) is 4. The van der Waals surface area contributed by atoms with Crippen molar-refractivity contribution in [2.45, 2.75) is 12.8 Å². The molecular formula is C25H20Cl2N4O2S. The Morgan fingerprint density at radius 2 is 1.85 bits per heavy atom. The lowest BCUT2D eigenvalue weighted by molar-refractivity contribution is 0.102. The summed E-state index contributed by atoms with van der Waals surface area (Å²) in [6.45, 7) is 0.708. The van der Waals surface area contributed by atoms with E-state index >= 15 is 0 Å². The molecule has 1 unspecified atom stereocenters. The number of rotatable bonds is 4. The van der Waals surface area contributed by atoms with Crippen LogP contribution in [0.3, 0.4) is 0 Å². The van der Waals surface area contributed by atoms with E-state index in [1.165, 1.54) is 0 Å². The molecule has 0 saturated carbocycles. The van der Waals surface area contributed by atoms with E-state index in [1.807, 2.05) is 22.5 Å². The van der Waals surface area contributed by atoms with Gasteiger partial charge in [-0.25, -0.2) is 4.21 Å². The minimum Gasteiger partial charge on any atom is -0.322 e. The number of carbonyl (C=O) groups is 1. The van der Waals surface area contributed by atoms with E-state index in [2.05, 4.69) is 15.3 Å². The number of fused-ring (bicyclic) bond motifs is 1. The van der Waals surface area contributed by atoms with Crippen LogP contribution in [0.2, 0.25) is 10.0 Å². The maximum atomic E-state index is 13.0. The fourth-order valence-electron chi connectivity index (χ4n) is 3.98. The van der Waals surface area contributed by atoms with Gasteiger partial charge in [0.1, 0.15) is 11.0 Å². The molecule has 1 saturated heterocycles. The lowest BCUT2D eigenvalue weighted by atomic mass is 10.1. The van der Waals surface area contributed by atoms with E-state index in [1.54, 1.807) is 48.8 Å². The summed E-state index contributed by atoms with van der Waals surface area (Å²) in [6, 6.07) is 16.0. The molecule has 5 rings (SSSR count). The minimum absolute atomic E-state index is 0.300. The van der Waals surface area contributed by atoms with Crippen LogP contribution in [0.1, 0.15) is 23.2 Å². The largest absolute Gasteiger partial charge is 0.322 e. The maximum Gasteiger partial charge on any atom is 0.257 e. The molecule has 1 atom stereocenters. The van der Waals surface area contributed by atoms with Crippen LogP contribution in [0.15, 0.2) is 67.0 Å². The van der Waals surface area contributed by atoms with Crippen LogP contribution < -0.4 is 9.62 Å². The van der Waals surface area contributed by atoms with Crippen molar-refractivity contribution in [1.82, 2.24) is 9.97 Å². The average molecular weight is 511 g/mol. The number of benzene rings is 2. The highest BCUT2D eigenvalue weighted by molar-refractivity contribution is 7.86. The predicted octanol–water partition coefficient (Wildman–Crippen LogP) is 6.12. The topological polar surface area (TPSA) is 75.2 Å². The number of carbonyl (C=O) groups excluding carboxylic acids is 1. The summed E-state index contributed by atoms with van der Waals surface area (Å²) < 4.78 is 14.1. The summed E-state index contributed by atoms with van der Waals surface area (Å²) in [5.41, 5.74) is 3.82. The fraction of sp³-hybridized carbons (Fsp3) is 0.160. The monoisotopic (exact) mass is 510 g/mol. The fourth-order valence-corrected chi connectivity index (χ4v) is 5.80. The van der Waals surface area contributed by atoms with E-state index in [4.69, 9.17) is 23.2 Å². The second-order valence-corrected chi connectivity index (χ2v) is 10.2. The minimum atomic E-state index is -1.07. The van der Waals surface area contributed by atoms with Crippen LogP contribution in [0.4, 0.5) is 11.4 Å². The molecule has 172 valence electrons. The summed E-state index contributed by atoms with van der Waals surface area (Å²) in [7, 11) is -1.07. The molecule has 1 aliphatic heterocycles. The van der Waals surface area contributed by atoms with Gasteiger partial charge < -0.3 is 5.32 Å². The molecule has 0 radical (unpaired) electrons. The van der Waals surface area contributed by atoms with Gasteiger partial charge in [0.15, 0.2) is 0 Å². The first-order valence-electron chi connectivity index (χ1n) is 10.8. The first-order chi connectivity index (χ1) is 16.5. The van der Waals surface area contributed by atoms with E-state index in [0.717, 1.165) is 29.4 Å². The Balaban J connectivity index is 1.42. The number of nitrogens with zero attached hydrogens (tertiary/aromatic N) is 3. The Labute approximate surface area is 209 Å². The SMILES string of the molecule is O=C(Nc1ccc(Cl)c(-c2nccc3ncccc23)c1)c1ccc(N2CCCCS2=O)cc1Cl. The molecule has 9 heteroatoms. The van der Waals surface area contributed by atoms with Crippen LogP contribution in [0.25, 0.3) is 22.2 Å². The number of halogens is 2. The Morgan fingerprint density at radius 1 is 0.971 bits per heavy atom. The number of aromatic nitrogens is 2. The summed E-state index contributed by atoms with van der Waals surface area (Å²) in [4.78, 5) is 21.9. The number of nitrogens with one attached hydrogen (secondary N) is 1. The van der Waals surface area contributed by atoms with E-state index in [0.29, 0.717) is 44.9 Å². The smallest absolute Gasteiger partial charge is 0.257 e. The summed E-state index contributed by atoms with van der Waals surface area (Å²) in [5.74, 6) is 0.289. The highest BCUT2D eigenvalue weighted by Gasteiger charge is 2.20. The Hall–Kier alpha value is -3.00. The van der Waals surface area contributed by atoms with Crippen LogP contribution in [-0.2, 0) is 11.0 Å². The van der Waals surface area contributed by atoms with Gasteiger partial charge in [-0.2, -0.15) is 0 Å². The van der Waals surface area contributed by atoms with Gasteiger partial charge in [0.05, 0.1) is 32.5 Å². The lowest BCUT2D eigenvalue weighted by Gasteiger charge is -2.27. The van der Waals surface area contributed by atoms with Crippen LogP contribution >= 0.6 is 23.2 Å². The average Bonchev–Trinajstić information content (AvgIpc) is 2.85. The molecule has 0 aliphatic carbocycles. The second-order valence-electron chi connectivity index (χ2n) is 7.88. The molecule has 34 heavy (non-hydrogen) atoms. The van der Waals surface area contributed by atoms with Gasteiger partial charge in [0, 0.05) is 41.3 Å². The third-order valence-corrected chi connectivity index (χ3v) is 7.84. The molecule has 0 bridgehead atoms. The zero-order valence-corrected chi connectivity index (χ0v) is 20.3. The highest BCUT2D eigenvalue weighted by Crippen LogP contribution is 2.34. The van der Waals surface area contributed by atoms with Crippen molar-refractivity contribution in [3.8, 4) is 11.3 Å². The number of pyridine rings is 2. The van der Waals surface area contributed by atoms with Gasteiger partial charge in [-0.05, 0) is 67.4 Å². The van der Waals surface area contributed by atoms with Crippen LogP contribution in [0, 0.1) is 0 Å². The van der Waals surface area contributed by atoms with Crippen molar-refractivity contribution in [2.24, 2.45) is 0 Å². The number of amides is 1. The normalized spacial score (nSPS) is 15.9. The summed E-state index contributed by atoms with van der Waals surface area (Å²) >= 11 is 12.9. The Kier molecular flexibility index (Phi) is 6.50. The number of anilines is 2. The molecule has 1 aliphatic rings. The molecule has 0 spiro atoms. The molecule has 1 N–H and O–H groups in total. The zero-order chi connectivity index (χ0) is 23.7.